The van der Waals surface area contributed by atoms with Crippen LogP contribution >= 0.6 is 0 Å². The Labute approximate surface area is 105 Å². The first-order valence-corrected chi connectivity index (χ1v) is 5.69. The van der Waals surface area contributed by atoms with E-state index in [2.05, 4.69) is 24.0 Å². The second kappa shape index (κ2) is 5.31. The number of benzene rings is 1. The van der Waals surface area contributed by atoms with E-state index in [0.29, 0.717) is 11.4 Å². The molecule has 0 atom stereocenters. The highest BCUT2D eigenvalue weighted by Crippen LogP contribution is 2.26. The summed E-state index contributed by atoms with van der Waals surface area (Å²) in [6.45, 7) is 5.54. The molecular weight excluding hydrogens is 228 g/mol. The zero-order valence-electron chi connectivity index (χ0n) is 10.1. The van der Waals surface area contributed by atoms with Crippen LogP contribution in [0.5, 0.6) is 0 Å². The average Bonchev–Trinajstić information content (AvgIpc) is 2.92. The minimum absolute atomic E-state index is 0.270. The van der Waals surface area contributed by atoms with Crippen molar-refractivity contribution in [3.63, 3.8) is 0 Å². The van der Waals surface area contributed by atoms with Crippen molar-refractivity contribution in [3.05, 3.63) is 47.9 Å². The Morgan fingerprint density at radius 2 is 2.28 bits per heavy atom. The Bertz CT molecular complexity index is 559. The van der Waals surface area contributed by atoms with Crippen molar-refractivity contribution in [2.45, 2.75) is 13.3 Å². The number of aryl methyl sites for hydroxylation is 1. The van der Waals surface area contributed by atoms with E-state index in [0.717, 1.165) is 12.0 Å². The molecule has 1 heterocycles. The highest BCUT2D eigenvalue weighted by molar-refractivity contribution is 6.03. The lowest BCUT2D eigenvalue weighted by Gasteiger charge is -2.08. The molecule has 1 aromatic carbocycles. The third-order valence-electron chi connectivity index (χ3n) is 2.63. The number of furan rings is 1. The summed E-state index contributed by atoms with van der Waals surface area (Å²) in [4.78, 5) is 15.8. The predicted molar refractivity (Wildman–Crippen MR) is 71.7 cm³/mol. The number of anilines is 1. The summed E-state index contributed by atoms with van der Waals surface area (Å²) >= 11 is 0. The number of hydrogen-bond acceptors (Lipinski definition) is 3. The number of nitrogens with zero attached hydrogens (tertiary/aromatic N) is 1. The van der Waals surface area contributed by atoms with E-state index in [4.69, 9.17) is 4.42 Å². The van der Waals surface area contributed by atoms with Gasteiger partial charge in [0.2, 0.25) is 0 Å². The van der Waals surface area contributed by atoms with Crippen molar-refractivity contribution in [1.82, 2.24) is 0 Å². The van der Waals surface area contributed by atoms with Crippen molar-refractivity contribution in [2.24, 2.45) is 4.99 Å². The number of amides is 1. The second-order valence-electron chi connectivity index (χ2n) is 3.79. The first-order chi connectivity index (χ1) is 8.74. The van der Waals surface area contributed by atoms with Crippen LogP contribution in [0.4, 0.5) is 11.4 Å². The number of aliphatic imine (C=N–C) groups is 1. The third kappa shape index (κ3) is 2.48. The zero-order valence-corrected chi connectivity index (χ0v) is 10.1. The van der Waals surface area contributed by atoms with Crippen LogP contribution in [-0.4, -0.2) is 12.6 Å². The second-order valence-corrected chi connectivity index (χ2v) is 3.79. The van der Waals surface area contributed by atoms with Crippen LogP contribution in [-0.2, 0) is 6.42 Å². The van der Waals surface area contributed by atoms with Gasteiger partial charge in [-0.05, 0) is 43.0 Å². The SMILES string of the molecule is C=Nc1ccc(CC)cc1NC(=O)c1ccco1. The maximum Gasteiger partial charge on any atom is 0.291 e. The highest BCUT2D eigenvalue weighted by atomic mass is 16.3. The molecule has 4 heteroatoms. The quantitative estimate of drug-likeness (QED) is 0.835. The molecule has 92 valence electrons. The highest BCUT2D eigenvalue weighted by Gasteiger charge is 2.11. The Morgan fingerprint density at radius 1 is 1.44 bits per heavy atom. The Kier molecular flexibility index (Phi) is 3.57. The lowest BCUT2D eigenvalue weighted by molar-refractivity contribution is 0.0996. The molecule has 18 heavy (non-hydrogen) atoms. The van der Waals surface area contributed by atoms with E-state index in [9.17, 15) is 4.79 Å². The molecule has 0 bridgehead atoms. The number of nitrogens with one attached hydrogen (secondary N) is 1. The van der Waals surface area contributed by atoms with Gasteiger partial charge >= 0.3 is 0 Å². The fourth-order valence-electron chi connectivity index (χ4n) is 1.63. The van der Waals surface area contributed by atoms with E-state index < -0.39 is 0 Å². The molecular formula is C14H14N2O2. The summed E-state index contributed by atoms with van der Waals surface area (Å²) in [7, 11) is 0. The van der Waals surface area contributed by atoms with Crippen LogP contribution < -0.4 is 5.32 Å². The Hall–Kier alpha value is -2.36. The molecule has 1 N–H and O–H groups in total. The molecule has 0 radical (unpaired) electrons. The van der Waals surface area contributed by atoms with Gasteiger partial charge in [-0.2, -0.15) is 0 Å². The number of carbonyl (C=O) groups is 1. The predicted octanol–water partition coefficient (Wildman–Crippen LogP) is 3.43. The fourth-order valence-corrected chi connectivity index (χ4v) is 1.63. The molecule has 1 aromatic heterocycles. The molecule has 0 fully saturated rings. The molecule has 2 aromatic rings. The van der Waals surface area contributed by atoms with E-state index in [1.807, 2.05) is 18.2 Å². The summed E-state index contributed by atoms with van der Waals surface area (Å²) < 4.78 is 5.04. The van der Waals surface area contributed by atoms with Crippen LogP contribution in [0, 0.1) is 0 Å². The summed E-state index contributed by atoms with van der Waals surface area (Å²) in [5, 5.41) is 2.77. The van der Waals surface area contributed by atoms with Crippen LogP contribution in [0.3, 0.4) is 0 Å². The molecule has 0 spiro atoms. The summed E-state index contributed by atoms with van der Waals surface area (Å²) in [5.74, 6) is -0.0231. The van der Waals surface area contributed by atoms with Crippen LogP contribution in [0.25, 0.3) is 0 Å². The largest absolute Gasteiger partial charge is 0.459 e. The van der Waals surface area contributed by atoms with Crippen molar-refractivity contribution < 1.29 is 9.21 Å². The van der Waals surface area contributed by atoms with Crippen molar-refractivity contribution in [1.29, 1.82) is 0 Å². The first-order valence-electron chi connectivity index (χ1n) is 5.69. The molecule has 0 aliphatic carbocycles. The normalized spacial score (nSPS) is 10.1. The maximum absolute atomic E-state index is 11.9. The lowest BCUT2D eigenvalue weighted by Crippen LogP contribution is -2.11. The number of carbonyl (C=O) groups excluding carboxylic acids is 1. The van der Waals surface area contributed by atoms with E-state index >= 15 is 0 Å². The molecule has 0 saturated heterocycles. The topological polar surface area (TPSA) is 54.6 Å². The van der Waals surface area contributed by atoms with E-state index in [-0.39, 0.29) is 11.7 Å². The van der Waals surface area contributed by atoms with Gasteiger partial charge in [-0.15, -0.1) is 0 Å². The summed E-state index contributed by atoms with van der Waals surface area (Å²) in [6, 6.07) is 8.98. The fraction of sp³-hybridized carbons (Fsp3) is 0.143. The zero-order chi connectivity index (χ0) is 13.0. The van der Waals surface area contributed by atoms with Crippen LogP contribution in [0.1, 0.15) is 23.0 Å². The number of rotatable bonds is 4. The van der Waals surface area contributed by atoms with Gasteiger partial charge in [0.25, 0.3) is 5.91 Å². The molecule has 0 aliphatic rings. The summed E-state index contributed by atoms with van der Waals surface area (Å²) in [6.07, 6.45) is 2.35. The maximum atomic E-state index is 11.9. The molecule has 4 nitrogen and oxygen atoms in total. The van der Waals surface area contributed by atoms with Crippen molar-refractivity contribution >= 4 is 24.0 Å². The lowest BCUT2D eigenvalue weighted by atomic mass is 10.1. The van der Waals surface area contributed by atoms with Gasteiger partial charge in [-0.1, -0.05) is 13.0 Å². The smallest absolute Gasteiger partial charge is 0.291 e. The van der Waals surface area contributed by atoms with Crippen LogP contribution in [0.2, 0.25) is 0 Å². The van der Waals surface area contributed by atoms with Gasteiger partial charge in [0, 0.05) is 0 Å². The summed E-state index contributed by atoms with van der Waals surface area (Å²) in [5.41, 5.74) is 2.41. The molecule has 0 unspecified atom stereocenters. The number of hydrogen-bond donors (Lipinski definition) is 1. The average molecular weight is 242 g/mol. The molecule has 2 rings (SSSR count). The third-order valence-corrected chi connectivity index (χ3v) is 2.63. The molecule has 0 aliphatic heterocycles. The van der Waals surface area contributed by atoms with E-state index in [1.165, 1.54) is 6.26 Å². The Morgan fingerprint density at radius 3 is 2.89 bits per heavy atom. The standard InChI is InChI=1S/C14H14N2O2/c1-3-10-6-7-11(15-2)12(9-10)16-14(17)13-5-4-8-18-13/h4-9H,2-3H2,1H3,(H,16,17). The Balaban J connectivity index is 2.27. The monoisotopic (exact) mass is 242 g/mol. The van der Waals surface area contributed by atoms with Crippen molar-refractivity contribution in [3.8, 4) is 0 Å². The minimum atomic E-state index is -0.293. The minimum Gasteiger partial charge on any atom is -0.459 e. The van der Waals surface area contributed by atoms with Gasteiger partial charge in [0.15, 0.2) is 5.76 Å². The van der Waals surface area contributed by atoms with Gasteiger partial charge in [0.05, 0.1) is 17.6 Å². The van der Waals surface area contributed by atoms with Gasteiger partial charge in [0.1, 0.15) is 0 Å². The van der Waals surface area contributed by atoms with Crippen molar-refractivity contribution in [2.75, 3.05) is 5.32 Å². The van der Waals surface area contributed by atoms with Crippen LogP contribution in [0.15, 0.2) is 46.0 Å². The molecule has 0 saturated carbocycles. The first kappa shape index (κ1) is 12.1. The van der Waals surface area contributed by atoms with E-state index in [1.54, 1.807) is 12.1 Å². The van der Waals surface area contributed by atoms with Gasteiger partial charge < -0.3 is 9.73 Å². The molecule has 1 amide bonds. The van der Waals surface area contributed by atoms with Gasteiger partial charge in [-0.25, -0.2) is 0 Å². The van der Waals surface area contributed by atoms with Gasteiger partial charge in [-0.3, -0.25) is 9.79 Å².